The second kappa shape index (κ2) is 5.71. The minimum absolute atomic E-state index is 0.271. The average molecular weight is 291 g/mol. The number of esters is 1. The lowest BCUT2D eigenvalue weighted by molar-refractivity contribution is 0.0516. The lowest BCUT2D eigenvalue weighted by atomic mass is 9.90. The van der Waals surface area contributed by atoms with Gasteiger partial charge in [0.1, 0.15) is 18.1 Å². The van der Waals surface area contributed by atoms with Gasteiger partial charge in [0.25, 0.3) is 0 Å². The molecule has 114 valence electrons. The van der Waals surface area contributed by atoms with Crippen LogP contribution in [0.3, 0.4) is 0 Å². The second-order valence-corrected chi connectivity index (χ2v) is 5.93. The Morgan fingerprint density at radius 1 is 1.38 bits per heavy atom. The van der Waals surface area contributed by atoms with Gasteiger partial charge < -0.3 is 9.15 Å². The summed E-state index contributed by atoms with van der Waals surface area (Å²) in [6.45, 7) is 10.4. The molecule has 0 atom stereocenters. The summed E-state index contributed by atoms with van der Waals surface area (Å²) in [7, 11) is 0. The summed E-state index contributed by atoms with van der Waals surface area (Å²) < 4.78 is 12.3. The molecule has 0 radical (unpaired) electrons. The van der Waals surface area contributed by atoms with E-state index < -0.39 is 5.97 Å². The number of nitrogens with zero attached hydrogens (tertiary/aromatic N) is 3. The number of rotatable bonds is 4. The van der Waals surface area contributed by atoms with E-state index >= 15 is 0 Å². The molecule has 0 amide bonds. The summed E-state index contributed by atoms with van der Waals surface area (Å²) in [6.07, 6.45) is 0. The Bertz CT molecular complexity index is 635. The van der Waals surface area contributed by atoms with Crippen LogP contribution in [0.15, 0.2) is 16.5 Å². The van der Waals surface area contributed by atoms with E-state index in [2.05, 4.69) is 10.3 Å². The van der Waals surface area contributed by atoms with Crippen LogP contribution in [0.4, 0.5) is 0 Å². The maximum absolute atomic E-state index is 12.0. The zero-order valence-corrected chi connectivity index (χ0v) is 13.1. The van der Waals surface area contributed by atoms with E-state index in [0.717, 1.165) is 17.2 Å². The van der Waals surface area contributed by atoms with Crippen molar-refractivity contribution in [1.82, 2.24) is 15.0 Å². The van der Waals surface area contributed by atoms with Crippen LogP contribution in [0, 0.1) is 6.92 Å². The molecule has 2 aromatic heterocycles. The molecule has 2 aromatic rings. The summed E-state index contributed by atoms with van der Waals surface area (Å²) in [5.41, 5.74) is 0.732. The highest BCUT2D eigenvalue weighted by atomic mass is 16.5. The molecular weight excluding hydrogens is 270 g/mol. The van der Waals surface area contributed by atoms with Crippen LogP contribution in [0.25, 0.3) is 0 Å². The summed E-state index contributed by atoms with van der Waals surface area (Å²) in [5.74, 6) is 1.18. The molecule has 0 bridgehead atoms. The number of hydrogen-bond donors (Lipinski definition) is 0. The molecule has 2 rings (SSSR count). The van der Waals surface area contributed by atoms with Gasteiger partial charge in [-0.3, -0.25) is 0 Å². The third-order valence-electron chi connectivity index (χ3n) is 3.02. The number of aryl methyl sites for hydroxylation is 1. The highest BCUT2D eigenvalue weighted by Crippen LogP contribution is 2.26. The van der Waals surface area contributed by atoms with Gasteiger partial charge in [-0.1, -0.05) is 26.0 Å². The molecule has 0 aliphatic heterocycles. The van der Waals surface area contributed by atoms with Crippen LogP contribution < -0.4 is 0 Å². The van der Waals surface area contributed by atoms with Crippen molar-refractivity contribution in [3.05, 3.63) is 35.0 Å². The molecule has 21 heavy (non-hydrogen) atoms. The Kier molecular flexibility index (Phi) is 4.16. The van der Waals surface area contributed by atoms with E-state index in [1.165, 1.54) is 0 Å². The minimum Gasteiger partial charge on any atom is -0.464 e. The molecule has 0 aromatic carbocycles. The molecule has 0 fully saturated rings. The Labute approximate surface area is 124 Å². The first-order valence-electron chi connectivity index (χ1n) is 6.99. The second-order valence-electron chi connectivity index (χ2n) is 5.93. The van der Waals surface area contributed by atoms with E-state index in [4.69, 9.17) is 9.15 Å². The highest BCUT2D eigenvalue weighted by Gasteiger charge is 2.30. The van der Waals surface area contributed by atoms with Crippen molar-refractivity contribution in [3.8, 4) is 0 Å². The minimum atomic E-state index is -0.440. The van der Waals surface area contributed by atoms with Crippen molar-refractivity contribution in [2.75, 3.05) is 6.61 Å². The molecule has 0 saturated carbocycles. The van der Waals surface area contributed by atoms with Crippen molar-refractivity contribution in [3.63, 3.8) is 0 Å². The third-order valence-corrected chi connectivity index (χ3v) is 3.02. The largest absolute Gasteiger partial charge is 0.464 e. The zero-order valence-electron chi connectivity index (χ0n) is 13.1. The van der Waals surface area contributed by atoms with Crippen LogP contribution >= 0.6 is 0 Å². The van der Waals surface area contributed by atoms with Gasteiger partial charge in [0.15, 0.2) is 5.69 Å². The molecule has 6 nitrogen and oxygen atoms in total. The Morgan fingerprint density at radius 3 is 2.62 bits per heavy atom. The lowest BCUT2D eigenvalue weighted by Crippen LogP contribution is -2.23. The molecule has 0 saturated heterocycles. The Morgan fingerprint density at radius 2 is 2.10 bits per heavy atom. The van der Waals surface area contributed by atoms with Crippen molar-refractivity contribution in [2.24, 2.45) is 0 Å². The lowest BCUT2D eigenvalue weighted by Gasteiger charge is -2.20. The van der Waals surface area contributed by atoms with E-state index in [-0.39, 0.29) is 11.1 Å². The predicted molar refractivity (Wildman–Crippen MR) is 77.2 cm³/mol. The first-order valence-corrected chi connectivity index (χ1v) is 6.99. The monoisotopic (exact) mass is 291 g/mol. The van der Waals surface area contributed by atoms with Gasteiger partial charge >= 0.3 is 5.97 Å². The van der Waals surface area contributed by atoms with Crippen molar-refractivity contribution < 1.29 is 13.9 Å². The molecule has 2 heterocycles. The molecule has 0 spiro atoms. The van der Waals surface area contributed by atoms with Gasteiger partial charge in [-0.15, -0.1) is 5.10 Å². The maximum atomic E-state index is 12.0. The molecule has 0 N–H and O–H groups in total. The maximum Gasteiger partial charge on any atom is 0.360 e. The number of hydrogen-bond acceptors (Lipinski definition) is 5. The van der Waals surface area contributed by atoms with Gasteiger partial charge in [0, 0.05) is 5.41 Å². The van der Waals surface area contributed by atoms with Crippen LogP contribution in [-0.4, -0.2) is 27.6 Å². The first kappa shape index (κ1) is 15.3. The van der Waals surface area contributed by atoms with Gasteiger partial charge in [-0.2, -0.15) is 0 Å². The summed E-state index contributed by atoms with van der Waals surface area (Å²) >= 11 is 0. The van der Waals surface area contributed by atoms with Gasteiger partial charge in [-0.05, 0) is 26.0 Å². The first-order chi connectivity index (χ1) is 9.82. The number of carbonyl (C=O) groups excluding carboxylic acids is 1. The fourth-order valence-electron chi connectivity index (χ4n) is 2.22. The van der Waals surface area contributed by atoms with E-state index in [1.54, 1.807) is 11.6 Å². The topological polar surface area (TPSA) is 70.2 Å². The van der Waals surface area contributed by atoms with Crippen molar-refractivity contribution in [1.29, 1.82) is 0 Å². The van der Waals surface area contributed by atoms with Crippen LogP contribution in [0.5, 0.6) is 0 Å². The number of carbonyl (C=O) groups is 1. The van der Waals surface area contributed by atoms with Gasteiger partial charge in [-0.25, -0.2) is 9.48 Å². The smallest absolute Gasteiger partial charge is 0.360 e. The number of aromatic nitrogens is 3. The van der Waals surface area contributed by atoms with Crippen molar-refractivity contribution in [2.45, 2.75) is 46.6 Å². The molecule has 0 aliphatic rings. The summed E-state index contributed by atoms with van der Waals surface area (Å²) in [5, 5.41) is 8.10. The SMILES string of the molecule is CCOC(=O)c1nnn(Cc2ccc(C)o2)c1C(C)(C)C. The summed E-state index contributed by atoms with van der Waals surface area (Å²) in [6, 6.07) is 3.79. The number of ether oxygens (including phenoxy) is 1. The predicted octanol–water partition coefficient (Wildman–Crippen LogP) is 2.70. The molecular formula is C15H21N3O3. The molecule has 0 aliphatic carbocycles. The van der Waals surface area contributed by atoms with Gasteiger partial charge in [0.05, 0.1) is 12.3 Å². The van der Waals surface area contributed by atoms with Crippen molar-refractivity contribution >= 4 is 5.97 Å². The quantitative estimate of drug-likeness (QED) is 0.810. The fourth-order valence-corrected chi connectivity index (χ4v) is 2.22. The Balaban J connectivity index is 2.39. The average Bonchev–Trinajstić information content (AvgIpc) is 2.96. The van der Waals surface area contributed by atoms with E-state index in [0.29, 0.717) is 13.2 Å². The Hall–Kier alpha value is -2.11. The summed E-state index contributed by atoms with van der Waals surface area (Å²) in [4.78, 5) is 12.0. The van der Waals surface area contributed by atoms with Gasteiger partial charge in [0.2, 0.25) is 0 Å². The van der Waals surface area contributed by atoms with Crippen LogP contribution in [0.1, 0.15) is 55.4 Å². The highest BCUT2D eigenvalue weighted by molar-refractivity contribution is 5.88. The third kappa shape index (κ3) is 3.32. The van der Waals surface area contributed by atoms with E-state index in [9.17, 15) is 4.79 Å². The van der Waals surface area contributed by atoms with Crippen LogP contribution in [-0.2, 0) is 16.7 Å². The molecule has 0 unspecified atom stereocenters. The molecule has 6 heteroatoms. The zero-order chi connectivity index (χ0) is 15.6. The fraction of sp³-hybridized carbons (Fsp3) is 0.533. The van der Waals surface area contributed by atoms with E-state index in [1.807, 2.05) is 39.8 Å². The standard InChI is InChI=1S/C15H21N3O3/c1-6-20-14(19)12-13(15(3,4)5)18(17-16-12)9-11-8-7-10(2)21-11/h7-8H,6,9H2,1-5H3. The number of furan rings is 1. The normalized spacial score (nSPS) is 11.7. The van der Waals surface area contributed by atoms with Crippen LogP contribution in [0.2, 0.25) is 0 Å².